The lowest BCUT2D eigenvalue weighted by atomic mass is 9.97. The van der Waals surface area contributed by atoms with E-state index in [1.54, 1.807) is 51.1 Å². The molecule has 142 valence electrons. The fraction of sp³-hybridized carbons (Fsp3) is 0.364. The zero-order chi connectivity index (χ0) is 20.0. The van der Waals surface area contributed by atoms with Crippen LogP contribution in [0.25, 0.3) is 10.8 Å². The Bertz CT molecular complexity index is 884. The average molecular weight is 368 g/mol. The van der Waals surface area contributed by atoms with Crippen molar-refractivity contribution in [1.29, 1.82) is 0 Å². The quantitative estimate of drug-likeness (QED) is 0.430. The third-order valence-electron chi connectivity index (χ3n) is 3.70. The number of carbonyl (C=O) groups is 2. The molecule has 5 nitrogen and oxygen atoms in total. The number of fused-ring (bicyclic) bond motifs is 1. The molecule has 0 radical (unpaired) electrons. The Morgan fingerprint density at radius 3 is 2.48 bits per heavy atom. The molecular formula is C22H24O5. The topological polar surface area (TPSA) is 61.8 Å². The SMILES string of the molecule is C#CCOc1cc2ccc(OC(=O)C(C)(C)C)cc2cc1C(=O)OCCC. The molecule has 2 aromatic carbocycles. The zero-order valence-electron chi connectivity index (χ0n) is 16.1. The van der Waals surface area contributed by atoms with Gasteiger partial charge >= 0.3 is 11.9 Å². The number of terminal acetylenes is 1. The molecular weight excluding hydrogens is 344 g/mol. The molecule has 0 saturated carbocycles. The first kappa shape index (κ1) is 20.3. The van der Waals surface area contributed by atoms with Crippen molar-refractivity contribution in [2.75, 3.05) is 13.2 Å². The van der Waals surface area contributed by atoms with E-state index in [1.165, 1.54) is 0 Å². The largest absolute Gasteiger partial charge is 0.480 e. The predicted octanol–water partition coefficient (Wildman–Crippen LogP) is 4.37. The maximum atomic E-state index is 12.4. The summed E-state index contributed by atoms with van der Waals surface area (Å²) in [5.74, 6) is 2.34. The van der Waals surface area contributed by atoms with E-state index in [-0.39, 0.29) is 18.1 Å². The van der Waals surface area contributed by atoms with Crippen LogP contribution in [0.4, 0.5) is 0 Å². The predicted molar refractivity (Wildman–Crippen MR) is 104 cm³/mol. The highest BCUT2D eigenvalue weighted by Gasteiger charge is 2.24. The molecule has 0 spiro atoms. The van der Waals surface area contributed by atoms with Gasteiger partial charge in [0.1, 0.15) is 23.7 Å². The Kier molecular flexibility index (Phi) is 6.46. The minimum absolute atomic E-state index is 0.0425. The molecule has 0 heterocycles. The van der Waals surface area contributed by atoms with Gasteiger partial charge in [0, 0.05) is 0 Å². The van der Waals surface area contributed by atoms with Crippen LogP contribution in [-0.2, 0) is 9.53 Å². The second-order valence-corrected chi connectivity index (χ2v) is 7.13. The van der Waals surface area contributed by atoms with Gasteiger partial charge in [-0.25, -0.2) is 4.79 Å². The van der Waals surface area contributed by atoms with E-state index < -0.39 is 11.4 Å². The highest BCUT2D eigenvalue weighted by atomic mass is 16.5. The Balaban J connectivity index is 2.43. The number of hydrogen-bond donors (Lipinski definition) is 0. The number of ether oxygens (including phenoxy) is 3. The van der Waals surface area contributed by atoms with Crippen LogP contribution in [0.1, 0.15) is 44.5 Å². The van der Waals surface area contributed by atoms with Crippen molar-refractivity contribution in [3.05, 3.63) is 35.9 Å². The highest BCUT2D eigenvalue weighted by molar-refractivity contribution is 5.99. The average Bonchev–Trinajstić information content (AvgIpc) is 2.62. The van der Waals surface area contributed by atoms with Crippen LogP contribution in [0.3, 0.4) is 0 Å². The van der Waals surface area contributed by atoms with Crippen molar-refractivity contribution >= 4 is 22.7 Å². The third-order valence-corrected chi connectivity index (χ3v) is 3.70. The van der Waals surface area contributed by atoms with E-state index in [0.717, 1.165) is 10.8 Å². The van der Waals surface area contributed by atoms with Gasteiger partial charge in [0.15, 0.2) is 0 Å². The summed E-state index contributed by atoms with van der Waals surface area (Å²) in [6.45, 7) is 7.63. The van der Waals surface area contributed by atoms with Crippen molar-refractivity contribution in [2.45, 2.75) is 34.1 Å². The first-order valence-corrected chi connectivity index (χ1v) is 8.79. The van der Waals surface area contributed by atoms with Crippen LogP contribution in [0.2, 0.25) is 0 Å². The minimum atomic E-state index is -0.614. The molecule has 0 atom stereocenters. The van der Waals surface area contributed by atoms with Gasteiger partial charge in [-0.1, -0.05) is 18.9 Å². The molecule has 0 bridgehead atoms. The van der Waals surface area contributed by atoms with Gasteiger partial charge in [0.05, 0.1) is 12.0 Å². The fourth-order valence-corrected chi connectivity index (χ4v) is 2.25. The van der Waals surface area contributed by atoms with E-state index >= 15 is 0 Å². The van der Waals surface area contributed by atoms with Crippen molar-refractivity contribution in [1.82, 2.24) is 0 Å². The first-order chi connectivity index (χ1) is 12.8. The van der Waals surface area contributed by atoms with Crippen LogP contribution >= 0.6 is 0 Å². The maximum absolute atomic E-state index is 12.4. The van der Waals surface area contributed by atoms with Crippen LogP contribution < -0.4 is 9.47 Å². The second kappa shape index (κ2) is 8.59. The van der Waals surface area contributed by atoms with Gasteiger partial charge in [0.2, 0.25) is 0 Å². The zero-order valence-corrected chi connectivity index (χ0v) is 16.1. The Hall–Kier alpha value is -3.00. The molecule has 0 aliphatic heterocycles. The van der Waals surface area contributed by atoms with Gasteiger partial charge in [-0.3, -0.25) is 4.79 Å². The van der Waals surface area contributed by atoms with Gasteiger partial charge < -0.3 is 14.2 Å². The van der Waals surface area contributed by atoms with Crippen LogP contribution in [-0.4, -0.2) is 25.2 Å². The van der Waals surface area contributed by atoms with Crippen LogP contribution in [0, 0.1) is 17.8 Å². The molecule has 0 N–H and O–H groups in total. The summed E-state index contributed by atoms with van der Waals surface area (Å²) >= 11 is 0. The normalized spacial score (nSPS) is 10.9. The molecule has 0 amide bonds. The molecule has 2 aromatic rings. The molecule has 27 heavy (non-hydrogen) atoms. The fourth-order valence-electron chi connectivity index (χ4n) is 2.25. The molecule has 0 aliphatic carbocycles. The highest BCUT2D eigenvalue weighted by Crippen LogP contribution is 2.30. The summed E-state index contributed by atoms with van der Waals surface area (Å²) in [7, 11) is 0. The molecule has 0 aliphatic rings. The maximum Gasteiger partial charge on any atom is 0.341 e. The molecule has 0 unspecified atom stereocenters. The summed E-state index contributed by atoms with van der Waals surface area (Å²) < 4.78 is 16.2. The summed E-state index contributed by atoms with van der Waals surface area (Å²) in [6.07, 6.45) is 5.97. The number of benzene rings is 2. The monoisotopic (exact) mass is 368 g/mol. The van der Waals surface area contributed by atoms with E-state index in [9.17, 15) is 9.59 Å². The van der Waals surface area contributed by atoms with Crippen molar-refractivity contribution in [2.24, 2.45) is 5.41 Å². The number of rotatable bonds is 6. The van der Waals surface area contributed by atoms with E-state index in [1.807, 2.05) is 6.92 Å². The van der Waals surface area contributed by atoms with E-state index in [0.29, 0.717) is 24.5 Å². The lowest BCUT2D eigenvalue weighted by Crippen LogP contribution is -2.25. The number of carbonyl (C=O) groups excluding carboxylic acids is 2. The molecule has 0 aromatic heterocycles. The number of hydrogen-bond acceptors (Lipinski definition) is 5. The summed E-state index contributed by atoms with van der Waals surface area (Å²) in [5, 5.41) is 1.55. The third kappa shape index (κ3) is 5.24. The standard InChI is InChI=1S/C22H24O5/c1-6-10-25-19-14-15-8-9-17(27-21(24)22(3,4)5)12-16(15)13-18(19)20(23)26-11-7-2/h1,8-9,12-14H,7,10-11H2,2-5H3. The van der Waals surface area contributed by atoms with Gasteiger partial charge in [-0.15, -0.1) is 6.42 Å². The van der Waals surface area contributed by atoms with Gasteiger partial charge in [-0.05, 0) is 62.2 Å². The van der Waals surface area contributed by atoms with Gasteiger partial charge in [0.25, 0.3) is 0 Å². The van der Waals surface area contributed by atoms with Crippen LogP contribution in [0.5, 0.6) is 11.5 Å². The molecule has 0 fully saturated rings. The van der Waals surface area contributed by atoms with Crippen molar-refractivity contribution in [3.8, 4) is 23.8 Å². The molecule has 2 rings (SSSR count). The Morgan fingerprint density at radius 2 is 1.85 bits per heavy atom. The smallest absolute Gasteiger partial charge is 0.341 e. The Morgan fingerprint density at radius 1 is 1.11 bits per heavy atom. The lowest BCUT2D eigenvalue weighted by molar-refractivity contribution is -0.142. The minimum Gasteiger partial charge on any atom is -0.480 e. The van der Waals surface area contributed by atoms with E-state index in [4.69, 9.17) is 20.6 Å². The van der Waals surface area contributed by atoms with Crippen molar-refractivity contribution in [3.63, 3.8) is 0 Å². The molecule has 0 saturated heterocycles. The second-order valence-electron chi connectivity index (χ2n) is 7.13. The van der Waals surface area contributed by atoms with Crippen LogP contribution in [0.15, 0.2) is 30.3 Å². The van der Waals surface area contributed by atoms with Gasteiger partial charge in [-0.2, -0.15) is 0 Å². The first-order valence-electron chi connectivity index (χ1n) is 8.79. The Labute approximate surface area is 159 Å². The van der Waals surface area contributed by atoms with E-state index in [2.05, 4.69) is 5.92 Å². The lowest BCUT2D eigenvalue weighted by Gasteiger charge is -2.17. The van der Waals surface area contributed by atoms with Crippen molar-refractivity contribution < 1.29 is 23.8 Å². The molecule has 5 heteroatoms. The summed E-state index contributed by atoms with van der Waals surface area (Å²) in [4.78, 5) is 24.5. The summed E-state index contributed by atoms with van der Waals surface area (Å²) in [5.41, 5.74) is -0.331. The number of esters is 2. The summed E-state index contributed by atoms with van der Waals surface area (Å²) in [6, 6.07) is 8.59.